The molecule has 0 amide bonds. The number of halogens is 2. The summed E-state index contributed by atoms with van der Waals surface area (Å²) in [5.74, 6) is -0.284. The lowest BCUT2D eigenvalue weighted by atomic mass is 10.0. The molecule has 0 aliphatic carbocycles. The number of rotatable bonds is 15. The molecule has 0 atom stereocenters. The third kappa shape index (κ3) is 12.8. The van der Waals surface area contributed by atoms with Gasteiger partial charge in [0.15, 0.2) is 0 Å². The number of carbonyl (C=O) groups excluding carboxylic acids is 1. The summed E-state index contributed by atoms with van der Waals surface area (Å²) in [6, 6.07) is 3.15. The molecule has 0 radical (unpaired) electrons. The molecule has 0 spiro atoms. The molecular formula is C35H54Br2O5Si. The first-order valence-electron chi connectivity index (χ1n) is 15.1. The summed E-state index contributed by atoms with van der Waals surface area (Å²) in [5.41, 5.74) is 5.78. The molecule has 242 valence electrons. The zero-order valence-corrected chi connectivity index (χ0v) is 32.4. The zero-order valence-electron chi connectivity index (χ0n) is 28.2. The SMILES string of the molecule is CC(C)=CCC/C(C)=C/CC/C(C)=C/CC/C(C)=C/CO[Si](Oc1c(Br)cc(C(=O)OO)cc1Br)(C(C)(C)C)C(C)(C)C. The Balaban J connectivity index is 2.95. The van der Waals surface area contributed by atoms with Crippen molar-refractivity contribution in [3.05, 3.63) is 73.2 Å². The van der Waals surface area contributed by atoms with Crippen molar-refractivity contribution in [3.63, 3.8) is 0 Å². The smallest absolute Gasteiger partial charge is 0.410 e. The number of benzene rings is 1. The van der Waals surface area contributed by atoms with Gasteiger partial charge in [-0.1, -0.05) is 88.1 Å². The maximum Gasteiger partial charge on any atom is 0.410 e. The van der Waals surface area contributed by atoms with Gasteiger partial charge >= 0.3 is 14.5 Å². The highest BCUT2D eigenvalue weighted by molar-refractivity contribution is 9.11. The number of hydrogen-bond acceptors (Lipinski definition) is 5. The molecule has 5 nitrogen and oxygen atoms in total. The van der Waals surface area contributed by atoms with Gasteiger partial charge in [0.25, 0.3) is 0 Å². The molecule has 1 aromatic carbocycles. The van der Waals surface area contributed by atoms with Crippen LogP contribution in [0.3, 0.4) is 0 Å². The van der Waals surface area contributed by atoms with E-state index in [1.54, 1.807) is 12.1 Å². The molecule has 1 aromatic rings. The fourth-order valence-electron chi connectivity index (χ4n) is 5.15. The molecule has 0 unspecified atom stereocenters. The second kappa shape index (κ2) is 17.9. The van der Waals surface area contributed by atoms with Crippen molar-refractivity contribution < 1.29 is 23.8 Å². The molecule has 0 heterocycles. The molecule has 0 saturated carbocycles. The van der Waals surface area contributed by atoms with E-state index in [0.717, 1.165) is 38.5 Å². The van der Waals surface area contributed by atoms with Crippen LogP contribution in [0.5, 0.6) is 5.75 Å². The lowest BCUT2D eigenvalue weighted by Crippen LogP contribution is -2.60. The lowest BCUT2D eigenvalue weighted by Gasteiger charge is -2.48. The molecule has 0 aromatic heterocycles. The molecule has 0 aliphatic rings. The Morgan fingerprint density at radius 3 is 1.58 bits per heavy atom. The third-order valence-corrected chi connectivity index (χ3v) is 13.6. The number of carbonyl (C=O) groups is 1. The summed E-state index contributed by atoms with van der Waals surface area (Å²) in [6.45, 7) is 24.4. The molecule has 43 heavy (non-hydrogen) atoms. The molecule has 0 bridgehead atoms. The molecule has 0 aliphatic heterocycles. The largest absolute Gasteiger partial charge is 0.518 e. The highest BCUT2D eigenvalue weighted by Crippen LogP contribution is 2.54. The lowest BCUT2D eigenvalue weighted by molar-refractivity contribution is -0.182. The summed E-state index contributed by atoms with van der Waals surface area (Å²) in [7, 11) is -3.00. The van der Waals surface area contributed by atoms with Gasteiger partial charge in [-0.3, -0.25) is 4.89 Å². The Bertz CT molecular complexity index is 1160. The average molecular weight is 743 g/mol. The van der Waals surface area contributed by atoms with Crippen LogP contribution in [0.15, 0.2) is 67.7 Å². The summed E-state index contributed by atoms with van der Waals surface area (Å²) in [6.07, 6.45) is 15.7. The van der Waals surface area contributed by atoms with E-state index in [2.05, 4.69) is 137 Å². The van der Waals surface area contributed by atoms with Gasteiger partial charge in [-0.25, -0.2) is 4.79 Å². The highest BCUT2D eigenvalue weighted by atomic mass is 79.9. The second-order valence-corrected chi connectivity index (χ2v) is 20.2. The molecular weight excluding hydrogens is 688 g/mol. The predicted octanol–water partition coefficient (Wildman–Crippen LogP) is 12.4. The minimum Gasteiger partial charge on any atom is -0.518 e. The topological polar surface area (TPSA) is 65.0 Å². The van der Waals surface area contributed by atoms with Gasteiger partial charge in [0.1, 0.15) is 5.75 Å². The van der Waals surface area contributed by atoms with Crippen molar-refractivity contribution in [2.24, 2.45) is 0 Å². The van der Waals surface area contributed by atoms with Crippen LogP contribution in [0, 0.1) is 0 Å². The summed E-state index contributed by atoms with van der Waals surface area (Å²) >= 11 is 7.10. The molecule has 1 N–H and O–H groups in total. The van der Waals surface area contributed by atoms with Crippen LogP contribution >= 0.6 is 31.9 Å². The van der Waals surface area contributed by atoms with Gasteiger partial charge < -0.3 is 8.85 Å². The molecule has 8 heteroatoms. The molecule has 0 fully saturated rings. The van der Waals surface area contributed by atoms with Crippen LogP contribution in [-0.2, 0) is 9.31 Å². The Hall–Kier alpha value is -1.45. The summed E-state index contributed by atoms with van der Waals surface area (Å²) < 4.78 is 14.9. The van der Waals surface area contributed by atoms with Crippen molar-refractivity contribution in [2.75, 3.05) is 6.61 Å². The monoisotopic (exact) mass is 740 g/mol. The first-order valence-corrected chi connectivity index (χ1v) is 18.5. The van der Waals surface area contributed by atoms with Gasteiger partial charge in [0.2, 0.25) is 0 Å². The second-order valence-electron chi connectivity index (χ2n) is 13.7. The first kappa shape index (κ1) is 39.6. The van der Waals surface area contributed by atoms with Crippen LogP contribution < -0.4 is 4.43 Å². The van der Waals surface area contributed by atoms with E-state index >= 15 is 0 Å². The third-order valence-electron chi connectivity index (χ3n) is 7.41. The minimum atomic E-state index is -3.00. The normalized spacial score (nSPS) is 13.7. The van der Waals surface area contributed by atoms with Crippen molar-refractivity contribution in [2.45, 2.75) is 125 Å². The van der Waals surface area contributed by atoms with E-state index in [9.17, 15) is 4.79 Å². The Morgan fingerprint density at radius 2 is 1.19 bits per heavy atom. The van der Waals surface area contributed by atoms with E-state index in [1.807, 2.05) is 0 Å². The average Bonchev–Trinajstić information content (AvgIpc) is 2.87. The van der Waals surface area contributed by atoms with Crippen LogP contribution in [0.4, 0.5) is 0 Å². The highest BCUT2D eigenvalue weighted by Gasteiger charge is 2.60. The standard InChI is InChI=1S/C35H54Br2O5Si/c1-25(2)15-12-16-26(3)17-13-18-27(4)19-14-20-28(5)21-22-40-43(34(6,7)8,35(9,10)11)42-32-30(36)23-29(24-31(32)37)33(38)41-39/h15,17,19,21,23-24,39H,12-14,16,18,20,22H2,1-11H3/b26-17+,27-19+,28-21+. The van der Waals surface area contributed by atoms with Gasteiger partial charge in [-0.15, -0.1) is 0 Å². The summed E-state index contributed by atoms with van der Waals surface area (Å²) in [5, 5.41) is 8.24. The van der Waals surface area contributed by atoms with E-state index in [4.69, 9.17) is 14.1 Å². The van der Waals surface area contributed by atoms with Crippen molar-refractivity contribution in [1.82, 2.24) is 0 Å². The fraction of sp³-hybridized carbons (Fsp3) is 0.571. The molecule has 0 saturated heterocycles. The maximum atomic E-state index is 11.9. The zero-order chi connectivity index (χ0) is 33.0. The Morgan fingerprint density at radius 1 is 0.767 bits per heavy atom. The van der Waals surface area contributed by atoms with Gasteiger partial charge in [0, 0.05) is 10.1 Å². The van der Waals surface area contributed by atoms with Gasteiger partial charge in [-0.2, -0.15) is 5.26 Å². The fourth-order valence-corrected chi connectivity index (χ4v) is 11.4. The van der Waals surface area contributed by atoms with Crippen molar-refractivity contribution >= 4 is 46.4 Å². The number of allylic oxidation sites excluding steroid dienone is 7. The van der Waals surface area contributed by atoms with Crippen molar-refractivity contribution in [3.8, 4) is 5.75 Å². The van der Waals surface area contributed by atoms with Crippen LogP contribution in [0.2, 0.25) is 10.1 Å². The van der Waals surface area contributed by atoms with E-state index < -0.39 is 14.5 Å². The summed E-state index contributed by atoms with van der Waals surface area (Å²) in [4.78, 5) is 15.8. The Kier molecular flexibility index (Phi) is 16.5. The predicted molar refractivity (Wildman–Crippen MR) is 190 cm³/mol. The van der Waals surface area contributed by atoms with Crippen LogP contribution in [0.1, 0.15) is 125 Å². The van der Waals surface area contributed by atoms with Crippen molar-refractivity contribution in [1.29, 1.82) is 0 Å². The maximum absolute atomic E-state index is 11.9. The van der Waals surface area contributed by atoms with Gasteiger partial charge in [-0.05, 0) is 117 Å². The van der Waals surface area contributed by atoms with Crippen LogP contribution in [-0.4, -0.2) is 26.4 Å². The van der Waals surface area contributed by atoms with Crippen LogP contribution in [0.25, 0.3) is 0 Å². The first-order chi connectivity index (χ1) is 19.8. The van der Waals surface area contributed by atoms with E-state index in [1.165, 1.54) is 22.3 Å². The van der Waals surface area contributed by atoms with Gasteiger partial charge in [0.05, 0.1) is 21.1 Å². The Labute approximate surface area is 279 Å². The number of hydrogen-bond donors (Lipinski definition) is 1. The van der Waals surface area contributed by atoms with E-state index in [0.29, 0.717) is 21.3 Å². The van der Waals surface area contributed by atoms with E-state index in [-0.39, 0.29) is 15.6 Å². The molecule has 1 rings (SSSR count). The quantitative estimate of drug-likeness (QED) is 0.0839. The minimum absolute atomic E-state index is 0.192.